The van der Waals surface area contributed by atoms with E-state index in [0.717, 1.165) is 30.5 Å². The van der Waals surface area contributed by atoms with E-state index in [1.807, 2.05) is 0 Å². The highest BCUT2D eigenvalue weighted by Crippen LogP contribution is 2.32. The minimum atomic E-state index is -4.57. The number of carboxylic acid groups (broad SMARTS) is 1. The summed E-state index contributed by atoms with van der Waals surface area (Å²) in [5.41, 5.74) is -1.40. The van der Waals surface area contributed by atoms with E-state index in [-0.39, 0.29) is 21.3 Å². The van der Waals surface area contributed by atoms with Gasteiger partial charge in [-0.1, -0.05) is 15.9 Å². The number of carboxylic acids is 1. The molecule has 2 N–H and O–H groups in total. The van der Waals surface area contributed by atoms with E-state index in [0.29, 0.717) is 0 Å². The molecular formula is C13H7BrF3NO3. The summed E-state index contributed by atoms with van der Waals surface area (Å²) in [7, 11) is 0. The van der Waals surface area contributed by atoms with Crippen LogP contribution in [0.1, 0.15) is 32.0 Å². The molecule has 1 aromatic heterocycles. The lowest BCUT2D eigenvalue weighted by atomic mass is 10.0. The van der Waals surface area contributed by atoms with Crippen LogP contribution < -0.4 is 0 Å². The fraction of sp³-hybridized carbons (Fsp3) is 0.0769. The minimum Gasteiger partial charge on any atom is -0.477 e. The molecule has 0 atom stereocenters. The maximum Gasteiger partial charge on any atom is 0.416 e. The van der Waals surface area contributed by atoms with Crippen LogP contribution in [0, 0.1) is 0 Å². The van der Waals surface area contributed by atoms with Gasteiger partial charge in [0.25, 0.3) is 0 Å². The summed E-state index contributed by atoms with van der Waals surface area (Å²) in [4.78, 5) is 25.3. The van der Waals surface area contributed by atoms with Gasteiger partial charge < -0.3 is 10.1 Å². The average molecular weight is 362 g/mol. The summed E-state index contributed by atoms with van der Waals surface area (Å²) in [5, 5.41) is 8.76. The number of benzene rings is 1. The van der Waals surface area contributed by atoms with Crippen molar-refractivity contribution in [1.29, 1.82) is 0 Å². The number of hydrogen-bond donors (Lipinski definition) is 2. The topological polar surface area (TPSA) is 70.2 Å². The first kappa shape index (κ1) is 15.3. The number of aromatic amines is 1. The number of rotatable bonds is 3. The van der Waals surface area contributed by atoms with Crippen LogP contribution in [0.2, 0.25) is 0 Å². The molecule has 2 aromatic rings. The maximum absolute atomic E-state index is 12.7. The van der Waals surface area contributed by atoms with E-state index in [1.165, 1.54) is 0 Å². The van der Waals surface area contributed by atoms with E-state index in [1.54, 1.807) is 0 Å². The zero-order valence-electron chi connectivity index (χ0n) is 10.2. The maximum atomic E-state index is 12.7. The molecule has 0 spiro atoms. The summed E-state index contributed by atoms with van der Waals surface area (Å²) in [6.45, 7) is 0. The Morgan fingerprint density at radius 3 is 2.38 bits per heavy atom. The van der Waals surface area contributed by atoms with Gasteiger partial charge in [-0.3, -0.25) is 4.79 Å². The Balaban J connectivity index is 2.44. The number of hydrogen-bond acceptors (Lipinski definition) is 2. The van der Waals surface area contributed by atoms with E-state index in [9.17, 15) is 22.8 Å². The first-order valence-electron chi connectivity index (χ1n) is 5.53. The molecular weight excluding hydrogens is 355 g/mol. The predicted molar refractivity (Wildman–Crippen MR) is 70.3 cm³/mol. The second kappa shape index (κ2) is 5.36. The molecule has 2 rings (SSSR count). The van der Waals surface area contributed by atoms with Crippen molar-refractivity contribution in [2.45, 2.75) is 6.18 Å². The third kappa shape index (κ3) is 3.15. The highest BCUT2D eigenvalue weighted by atomic mass is 79.9. The Morgan fingerprint density at radius 2 is 1.86 bits per heavy atom. The van der Waals surface area contributed by atoms with E-state index >= 15 is 0 Å². The van der Waals surface area contributed by atoms with Gasteiger partial charge in [0.2, 0.25) is 0 Å². The number of halogens is 4. The number of alkyl halides is 3. The molecule has 0 aliphatic heterocycles. The lowest BCUT2D eigenvalue weighted by Gasteiger charge is -2.09. The molecule has 1 aromatic carbocycles. The normalized spacial score (nSPS) is 11.4. The van der Waals surface area contributed by atoms with Gasteiger partial charge in [-0.25, -0.2) is 4.79 Å². The number of ketones is 1. The molecule has 0 amide bonds. The van der Waals surface area contributed by atoms with E-state index in [2.05, 4.69) is 20.9 Å². The first-order valence-corrected chi connectivity index (χ1v) is 6.32. The lowest BCUT2D eigenvalue weighted by molar-refractivity contribution is -0.137. The van der Waals surface area contributed by atoms with Crippen LogP contribution >= 0.6 is 15.9 Å². The van der Waals surface area contributed by atoms with Crippen molar-refractivity contribution in [3.8, 4) is 0 Å². The fourth-order valence-corrected chi connectivity index (χ4v) is 2.11. The summed E-state index contributed by atoms with van der Waals surface area (Å²) in [5.74, 6) is -1.98. The second-order valence-electron chi connectivity index (χ2n) is 4.13. The average Bonchev–Trinajstić information content (AvgIpc) is 2.86. The van der Waals surface area contributed by atoms with Crippen LogP contribution in [0.4, 0.5) is 13.2 Å². The van der Waals surface area contributed by atoms with Gasteiger partial charge >= 0.3 is 12.1 Å². The molecule has 0 saturated heterocycles. The van der Waals surface area contributed by atoms with Crippen LogP contribution in [0.15, 0.2) is 34.9 Å². The monoisotopic (exact) mass is 361 g/mol. The zero-order chi connectivity index (χ0) is 15.8. The van der Waals surface area contributed by atoms with Crippen molar-refractivity contribution >= 4 is 27.7 Å². The fourth-order valence-electron chi connectivity index (χ4n) is 1.68. The number of aromatic carboxylic acids is 1. The number of aromatic nitrogens is 1. The van der Waals surface area contributed by atoms with E-state index in [4.69, 9.17) is 5.11 Å². The molecule has 0 saturated carbocycles. The predicted octanol–water partition coefficient (Wildman–Crippen LogP) is 3.73. The Morgan fingerprint density at radius 1 is 1.19 bits per heavy atom. The van der Waals surface area contributed by atoms with E-state index < -0.39 is 23.5 Å². The van der Waals surface area contributed by atoms with Gasteiger partial charge in [0.05, 0.1) is 5.56 Å². The second-order valence-corrected chi connectivity index (χ2v) is 4.98. The molecule has 110 valence electrons. The first-order chi connectivity index (χ1) is 9.70. The van der Waals surface area contributed by atoms with Gasteiger partial charge in [-0.05, 0) is 24.3 Å². The summed E-state index contributed by atoms with van der Waals surface area (Å²) < 4.78 is 38.2. The van der Waals surface area contributed by atoms with Crippen LogP contribution in [0.5, 0.6) is 0 Å². The van der Waals surface area contributed by atoms with Crippen molar-refractivity contribution in [1.82, 2.24) is 4.98 Å². The molecule has 0 aliphatic rings. The van der Waals surface area contributed by atoms with Crippen LogP contribution in [0.3, 0.4) is 0 Å². The number of H-pyrrole nitrogens is 1. The Kier molecular flexibility index (Phi) is 3.91. The van der Waals surface area contributed by atoms with Crippen molar-refractivity contribution in [2.75, 3.05) is 0 Å². The van der Waals surface area contributed by atoms with Crippen LogP contribution in [-0.4, -0.2) is 21.8 Å². The lowest BCUT2D eigenvalue weighted by Crippen LogP contribution is -2.08. The number of nitrogens with one attached hydrogen (secondary N) is 1. The summed E-state index contributed by atoms with van der Waals surface area (Å²) in [6.07, 6.45) is -3.43. The third-order valence-corrected chi connectivity index (χ3v) is 3.41. The number of carbonyl (C=O) groups excluding carboxylic acids is 1. The van der Waals surface area contributed by atoms with Crippen molar-refractivity contribution in [3.63, 3.8) is 0 Å². The Hall–Kier alpha value is -2.09. The molecule has 0 fully saturated rings. The van der Waals surface area contributed by atoms with Gasteiger partial charge in [-0.15, -0.1) is 0 Å². The molecule has 0 radical (unpaired) electrons. The highest BCUT2D eigenvalue weighted by molar-refractivity contribution is 9.10. The largest absolute Gasteiger partial charge is 0.477 e. The molecule has 0 bridgehead atoms. The molecule has 8 heteroatoms. The molecule has 0 unspecified atom stereocenters. The van der Waals surface area contributed by atoms with Crippen molar-refractivity contribution < 1.29 is 27.9 Å². The standard InChI is InChI=1S/C13H7BrF3NO3/c14-9-2-1-7(13(15,16)17)4-8(9)11(19)6-3-10(12(20)21)18-5-6/h1-5,18H,(H,20,21). The van der Waals surface area contributed by atoms with Crippen LogP contribution in [0.25, 0.3) is 0 Å². The molecule has 4 nitrogen and oxygen atoms in total. The molecule has 21 heavy (non-hydrogen) atoms. The summed E-state index contributed by atoms with van der Waals surface area (Å²) in [6, 6.07) is 3.76. The molecule has 1 heterocycles. The van der Waals surface area contributed by atoms with Crippen LogP contribution in [-0.2, 0) is 6.18 Å². The van der Waals surface area contributed by atoms with Gasteiger partial charge in [0.15, 0.2) is 5.78 Å². The van der Waals surface area contributed by atoms with Gasteiger partial charge in [0, 0.05) is 21.8 Å². The smallest absolute Gasteiger partial charge is 0.416 e. The SMILES string of the molecule is O=C(O)c1cc(C(=O)c2cc(C(F)(F)F)ccc2Br)c[nH]1. The number of carbonyl (C=O) groups is 2. The van der Waals surface area contributed by atoms with Gasteiger partial charge in [0.1, 0.15) is 5.69 Å². The van der Waals surface area contributed by atoms with Gasteiger partial charge in [-0.2, -0.15) is 13.2 Å². The zero-order valence-corrected chi connectivity index (χ0v) is 11.7. The highest BCUT2D eigenvalue weighted by Gasteiger charge is 2.31. The Bertz CT molecular complexity index is 722. The summed E-state index contributed by atoms with van der Waals surface area (Å²) >= 11 is 3.02. The minimum absolute atomic E-state index is 0.0348. The quantitative estimate of drug-likeness (QED) is 0.818. The third-order valence-electron chi connectivity index (χ3n) is 2.71. The van der Waals surface area contributed by atoms with Crippen molar-refractivity contribution in [3.05, 3.63) is 57.3 Å². The molecule has 0 aliphatic carbocycles. The Labute approximate surface area is 124 Å². The van der Waals surface area contributed by atoms with Crippen molar-refractivity contribution in [2.24, 2.45) is 0 Å².